The highest BCUT2D eigenvalue weighted by molar-refractivity contribution is 5.53. The van der Waals surface area contributed by atoms with Crippen LogP contribution in [0.3, 0.4) is 0 Å². The quantitative estimate of drug-likeness (QED) is 0.422. The van der Waals surface area contributed by atoms with E-state index in [0.717, 1.165) is 25.6 Å². The van der Waals surface area contributed by atoms with E-state index < -0.39 is 4.92 Å². The molecule has 2 heterocycles. The third kappa shape index (κ3) is 4.00. The minimum atomic E-state index is -0.621. The van der Waals surface area contributed by atoms with Crippen LogP contribution in [-0.4, -0.2) is 47.4 Å². The van der Waals surface area contributed by atoms with Gasteiger partial charge in [-0.3, -0.25) is 10.1 Å². The predicted octanol–water partition coefficient (Wildman–Crippen LogP) is 0.574. The maximum absolute atomic E-state index is 10.6. The monoisotopic (exact) mass is 283 g/mol. The first-order chi connectivity index (χ1) is 9.66. The van der Waals surface area contributed by atoms with Crippen LogP contribution in [0.25, 0.3) is 0 Å². The zero-order valence-corrected chi connectivity index (χ0v) is 10.9. The lowest BCUT2D eigenvalue weighted by atomic mass is 10.2. The van der Waals surface area contributed by atoms with Gasteiger partial charge in [-0.05, 0) is 12.8 Å². The molecule has 1 unspecified atom stereocenters. The number of rotatable bonds is 7. The van der Waals surface area contributed by atoms with Crippen LogP contribution in [0.5, 0.6) is 0 Å². The summed E-state index contributed by atoms with van der Waals surface area (Å²) >= 11 is 0. The largest absolute Gasteiger partial charge is 0.378 e. The lowest BCUT2D eigenvalue weighted by Gasteiger charge is -2.10. The van der Waals surface area contributed by atoms with Crippen LogP contribution >= 0.6 is 0 Å². The van der Waals surface area contributed by atoms with E-state index in [2.05, 4.69) is 15.3 Å². The van der Waals surface area contributed by atoms with Gasteiger partial charge >= 0.3 is 5.69 Å². The van der Waals surface area contributed by atoms with Gasteiger partial charge in [-0.1, -0.05) is 0 Å². The molecule has 0 amide bonds. The van der Waals surface area contributed by atoms with Crippen molar-refractivity contribution in [1.29, 1.82) is 0 Å². The number of nitrogens with two attached hydrogens (primary N) is 1. The third-order valence-corrected chi connectivity index (χ3v) is 2.85. The highest BCUT2D eigenvalue weighted by Crippen LogP contribution is 2.17. The van der Waals surface area contributed by atoms with E-state index in [-0.39, 0.29) is 23.6 Å². The summed E-state index contributed by atoms with van der Waals surface area (Å²) in [6.45, 7) is 2.34. The Morgan fingerprint density at radius 1 is 1.65 bits per heavy atom. The van der Waals surface area contributed by atoms with Gasteiger partial charge in [0.25, 0.3) is 0 Å². The maximum atomic E-state index is 10.6. The van der Waals surface area contributed by atoms with Crippen LogP contribution < -0.4 is 11.1 Å². The van der Waals surface area contributed by atoms with E-state index in [1.165, 1.54) is 0 Å². The molecule has 9 nitrogen and oxygen atoms in total. The Balaban J connectivity index is 1.68. The lowest BCUT2D eigenvalue weighted by molar-refractivity contribution is -0.384. The Morgan fingerprint density at radius 3 is 3.15 bits per heavy atom. The molecule has 0 bridgehead atoms. The Bertz CT molecular complexity index is 464. The topological polar surface area (TPSA) is 125 Å². The number of ether oxygens (including phenoxy) is 2. The van der Waals surface area contributed by atoms with Crippen LogP contribution in [0.2, 0.25) is 0 Å². The molecule has 0 aromatic carbocycles. The molecule has 1 aromatic heterocycles. The van der Waals surface area contributed by atoms with Crippen LogP contribution in [0.4, 0.5) is 17.5 Å². The zero-order chi connectivity index (χ0) is 14.4. The summed E-state index contributed by atoms with van der Waals surface area (Å²) in [5.74, 6) is 0.0848. The molecule has 3 N–H and O–H groups in total. The van der Waals surface area contributed by atoms with Crippen molar-refractivity contribution in [3.05, 3.63) is 16.3 Å². The Morgan fingerprint density at radius 2 is 2.50 bits per heavy atom. The number of hydrogen-bond donors (Lipinski definition) is 2. The molecule has 0 radical (unpaired) electrons. The molecule has 20 heavy (non-hydrogen) atoms. The Hall–Kier alpha value is -2.00. The molecule has 0 saturated carbocycles. The molecule has 1 aliphatic rings. The number of aromatic nitrogens is 2. The molecule has 1 saturated heterocycles. The second-order valence-electron chi connectivity index (χ2n) is 4.36. The standard InChI is InChI=1S/C11H17N5O4/c12-10-9(16(17)18)6-14-11(15-10)13-3-5-19-7-8-2-1-4-20-8/h6,8H,1-5,7H2,(H3,12,13,14,15). The first-order valence-corrected chi connectivity index (χ1v) is 6.37. The highest BCUT2D eigenvalue weighted by atomic mass is 16.6. The molecule has 2 rings (SSSR count). The van der Waals surface area contributed by atoms with Crippen LogP contribution in [-0.2, 0) is 9.47 Å². The highest BCUT2D eigenvalue weighted by Gasteiger charge is 2.15. The van der Waals surface area contributed by atoms with E-state index in [9.17, 15) is 10.1 Å². The second-order valence-corrected chi connectivity index (χ2v) is 4.36. The van der Waals surface area contributed by atoms with Crippen molar-refractivity contribution in [2.45, 2.75) is 18.9 Å². The Kier molecular flexibility index (Phi) is 5.02. The summed E-state index contributed by atoms with van der Waals surface area (Å²) in [6, 6.07) is 0. The van der Waals surface area contributed by atoms with Gasteiger partial charge in [0.05, 0.1) is 24.2 Å². The van der Waals surface area contributed by atoms with Gasteiger partial charge in [-0.25, -0.2) is 4.98 Å². The van der Waals surface area contributed by atoms with Gasteiger partial charge in [0.15, 0.2) is 0 Å². The molecular formula is C11H17N5O4. The SMILES string of the molecule is Nc1nc(NCCOCC2CCCO2)ncc1[N+](=O)[O-]. The van der Waals surface area contributed by atoms with Crippen molar-refractivity contribution in [1.82, 2.24) is 9.97 Å². The van der Waals surface area contributed by atoms with Crippen molar-refractivity contribution < 1.29 is 14.4 Å². The fourth-order valence-corrected chi connectivity index (χ4v) is 1.84. The fourth-order valence-electron chi connectivity index (χ4n) is 1.84. The Labute approximate surface area is 115 Å². The molecule has 0 aliphatic carbocycles. The minimum absolute atomic E-state index is 0.159. The van der Waals surface area contributed by atoms with Gasteiger partial charge in [0.1, 0.15) is 6.20 Å². The van der Waals surface area contributed by atoms with Crippen LogP contribution in [0.15, 0.2) is 6.20 Å². The summed E-state index contributed by atoms with van der Waals surface area (Å²) in [5.41, 5.74) is 5.15. The van der Waals surface area contributed by atoms with Crippen molar-refractivity contribution in [2.75, 3.05) is 37.4 Å². The first-order valence-electron chi connectivity index (χ1n) is 6.37. The molecule has 1 atom stereocenters. The molecule has 1 fully saturated rings. The van der Waals surface area contributed by atoms with Crippen molar-refractivity contribution >= 4 is 17.5 Å². The summed E-state index contributed by atoms with van der Waals surface area (Å²) in [7, 11) is 0. The number of nitrogens with zero attached hydrogens (tertiary/aromatic N) is 3. The van der Waals surface area contributed by atoms with Gasteiger partial charge < -0.3 is 20.5 Å². The summed E-state index contributed by atoms with van der Waals surface area (Å²) in [4.78, 5) is 17.5. The van der Waals surface area contributed by atoms with E-state index in [1.54, 1.807) is 0 Å². The summed E-state index contributed by atoms with van der Waals surface area (Å²) in [6.07, 6.45) is 3.40. The lowest BCUT2D eigenvalue weighted by Crippen LogP contribution is -2.18. The van der Waals surface area contributed by atoms with Gasteiger partial charge in [-0.15, -0.1) is 0 Å². The van der Waals surface area contributed by atoms with Gasteiger partial charge in [-0.2, -0.15) is 4.98 Å². The molecule has 1 aromatic rings. The van der Waals surface area contributed by atoms with Gasteiger partial charge in [0, 0.05) is 13.2 Å². The van der Waals surface area contributed by atoms with E-state index >= 15 is 0 Å². The second kappa shape index (κ2) is 6.96. The van der Waals surface area contributed by atoms with Crippen molar-refractivity contribution in [3.8, 4) is 0 Å². The number of nitrogens with one attached hydrogen (secondary N) is 1. The fraction of sp³-hybridized carbons (Fsp3) is 0.636. The first kappa shape index (κ1) is 14.4. The van der Waals surface area contributed by atoms with Crippen LogP contribution in [0.1, 0.15) is 12.8 Å². The van der Waals surface area contributed by atoms with E-state index in [0.29, 0.717) is 19.8 Å². The number of nitro groups is 1. The van der Waals surface area contributed by atoms with Crippen molar-refractivity contribution in [3.63, 3.8) is 0 Å². The van der Waals surface area contributed by atoms with Gasteiger partial charge in [0.2, 0.25) is 11.8 Å². The molecular weight excluding hydrogens is 266 g/mol. The number of anilines is 2. The summed E-state index contributed by atoms with van der Waals surface area (Å²) < 4.78 is 10.9. The smallest absolute Gasteiger partial charge is 0.329 e. The third-order valence-electron chi connectivity index (χ3n) is 2.85. The zero-order valence-electron chi connectivity index (χ0n) is 10.9. The number of nitrogen functional groups attached to an aromatic ring is 1. The normalized spacial score (nSPS) is 18.1. The predicted molar refractivity (Wildman–Crippen MR) is 71.4 cm³/mol. The van der Waals surface area contributed by atoms with Crippen LogP contribution in [0, 0.1) is 10.1 Å². The molecule has 110 valence electrons. The van der Waals surface area contributed by atoms with E-state index in [1.807, 2.05) is 0 Å². The maximum Gasteiger partial charge on any atom is 0.329 e. The molecule has 1 aliphatic heterocycles. The minimum Gasteiger partial charge on any atom is -0.378 e. The molecule has 0 spiro atoms. The molecule has 9 heteroatoms. The number of hydrogen-bond acceptors (Lipinski definition) is 8. The van der Waals surface area contributed by atoms with E-state index in [4.69, 9.17) is 15.2 Å². The average molecular weight is 283 g/mol. The summed E-state index contributed by atoms with van der Waals surface area (Å²) in [5, 5.41) is 13.4. The average Bonchev–Trinajstić information content (AvgIpc) is 2.91. The van der Waals surface area contributed by atoms with Crippen molar-refractivity contribution in [2.24, 2.45) is 0 Å².